The Kier molecular flexibility index (Phi) is 2.39. The monoisotopic (exact) mass is 243 g/mol. The third-order valence-corrected chi connectivity index (χ3v) is 5.42. The molecule has 0 aromatic rings. The molecule has 2 nitrogen and oxygen atoms in total. The summed E-state index contributed by atoms with van der Waals surface area (Å²) in [5.74, 6) is 2.33. The van der Waals surface area contributed by atoms with Crippen LogP contribution < -0.4 is 5.32 Å². The molecule has 0 spiro atoms. The summed E-state index contributed by atoms with van der Waals surface area (Å²) in [4.78, 5) is 12.1. The van der Waals surface area contributed by atoms with Crippen LogP contribution in [0.3, 0.4) is 0 Å². The van der Waals surface area contributed by atoms with Gasteiger partial charge in [-0.25, -0.2) is 0 Å². The molecule has 0 heterocycles. The normalized spacial score (nSPS) is 42.2. The van der Waals surface area contributed by atoms with Crippen molar-refractivity contribution in [3.63, 3.8) is 0 Å². The summed E-state index contributed by atoms with van der Waals surface area (Å²) in [5, 5.41) is 3.71. The number of hydrogen-bond acceptors (Lipinski definition) is 2. The standard InChI is InChI=1S/C16H21NO/c18-14-9-13(17-12-4-2-1-3-5-12)15-10-6-7-11(8-10)16(14)15/h6-7,9-12,15-17H,1-5,8H2. The van der Waals surface area contributed by atoms with Crippen LogP contribution in [-0.4, -0.2) is 11.8 Å². The molecule has 2 saturated carbocycles. The fraction of sp³-hybridized carbons (Fsp3) is 0.688. The molecule has 0 aromatic heterocycles. The lowest BCUT2D eigenvalue weighted by atomic mass is 9.83. The number of carbonyl (C=O) groups is 1. The van der Waals surface area contributed by atoms with Crippen molar-refractivity contribution in [2.75, 3.05) is 0 Å². The lowest BCUT2D eigenvalue weighted by Gasteiger charge is -2.29. The maximum Gasteiger partial charge on any atom is 0.161 e. The highest BCUT2D eigenvalue weighted by atomic mass is 16.1. The lowest BCUT2D eigenvalue weighted by Crippen LogP contribution is -2.34. The minimum Gasteiger partial charge on any atom is -0.385 e. The molecule has 0 aromatic carbocycles. The summed E-state index contributed by atoms with van der Waals surface area (Å²) in [6.07, 6.45) is 14.4. The van der Waals surface area contributed by atoms with Gasteiger partial charge in [0.1, 0.15) is 0 Å². The smallest absolute Gasteiger partial charge is 0.161 e. The van der Waals surface area contributed by atoms with Gasteiger partial charge in [0, 0.05) is 29.7 Å². The summed E-state index contributed by atoms with van der Waals surface area (Å²) in [6, 6.07) is 0.625. The fourth-order valence-corrected chi connectivity index (χ4v) is 4.60. The molecule has 4 unspecified atom stereocenters. The summed E-state index contributed by atoms with van der Waals surface area (Å²) < 4.78 is 0. The zero-order valence-corrected chi connectivity index (χ0v) is 10.8. The molecule has 0 amide bonds. The molecule has 0 saturated heterocycles. The number of hydrogen-bond donors (Lipinski definition) is 1. The number of fused-ring (bicyclic) bond motifs is 5. The molecule has 18 heavy (non-hydrogen) atoms. The quantitative estimate of drug-likeness (QED) is 0.756. The van der Waals surface area contributed by atoms with Crippen LogP contribution >= 0.6 is 0 Å². The van der Waals surface area contributed by atoms with Crippen LogP contribution in [0.4, 0.5) is 0 Å². The lowest BCUT2D eigenvalue weighted by molar-refractivity contribution is -0.118. The van der Waals surface area contributed by atoms with Gasteiger partial charge in [-0.05, 0) is 31.1 Å². The topological polar surface area (TPSA) is 29.1 Å². The second-order valence-corrected chi connectivity index (χ2v) is 6.48. The van der Waals surface area contributed by atoms with Gasteiger partial charge in [0.05, 0.1) is 0 Å². The van der Waals surface area contributed by atoms with Crippen LogP contribution in [0.15, 0.2) is 23.9 Å². The summed E-state index contributed by atoms with van der Waals surface area (Å²) in [6.45, 7) is 0. The van der Waals surface area contributed by atoms with E-state index in [1.165, 1.54) is 44.2 Å². The first-order valence-corrected chi connectivity index (χ1v) is 7.53. The fourth-order valence-electron chi connectivity index (χ4n) is 4.60. The Labute approximate surface area is 109 Å². The van der Waals surface area contributed by atoms with Crippen LogP contribution in [0.2, 0.25) is 0 Å². The van der Waals surface area contributed by atoms with Crippen molar-refractivity contribution < 1.29 is 4.79 Å². The number of allylic oxidation sites excluding steroid dienone is 4. The molecule has 4 atom stereocenters. The Balaban J connectivity index is 1.53. The highest BCUT2D eigenvalue weighted by Gasteiger charge is 2.52. The molecule has 4 rings (SSSR count). The SMILES string of the molecule is O=C1C=C(NC2CCCCC2)C2C3C=CC(C3)C12. The number of rotatable bonds is 2. The minimum absolute atomic E-state index is 0.283. The Hall–Kier alpha value is -1.05. The third-order valence-electron chi connectivity index (χ3n) is 5.42. The number of nitrogens with one attached hydrogen (secondary N) is 1. The van der Waals surface area contributed by atoms with Gasteiger partial charge < -0.3 is 5.32 Å². The van der Waals surface area contributed by atoms with E-state index >= 15 is 0 Å². The molecule has 4 aliphatic carbocycles. The van der Waals surface area contributed by atoms with Crippen molar-refractivity contribution in [3.8, 4) is 0 Å². The van der Waals surface area contributed by atoms with Crippen LogP contribution in [-0.2, 0) is 4.79 Å². The maximum absolute atomic E-state index is 12.1. The average Bonchev–Trinajstić information content (AvgIpc) is 3.05. The van der Waals surface area contributed by atoms with E-state index in [0.29, 0.717) is 29.6 Å². The van der Waals surface area contributed by atoms with Gasteiger partial charge in [-0.15, -0.1) is 0 Å². The van der Waals surface area contributed by atoms with Gasteiger partial charge in [-0.2, -0.15) is 0 Å². The molecule has 96 valence electrons. The number of carbonyl (C=O) groups excluding carboxylic acids is 1. The van der Waals surface area contributed by atoms with Crippen LogP contribution in [0.25, 0.3) is 0 Å². The first-order valence-electron chi connectivity index (χ1n) is 7.53. The van der Waals surface area contributed by atoms with Gasteiger partial charge in [0.25, 0.3) is 0 Å². The van der Waals surface area contributed by atoms with E-state index in [1.54, 1.807) is 0 Å². The average molecular weight is 243 g/mol. The van der Waals surface area contributed by atoms with E-state index in [9.17, 15) is 4.79 Å². The minimum atomic E-state index is 0.283. The van der Waals surface area contributed by atoms with Gasteiger partial charge in [-0.1, -0.05) is 31.4 Å². The van der Waals surface area contributed by atoms with E-state index in [2.05, 4.69) is 17.5 Å². The predicted molar refractivity (Wildman–Crippen MR) is 70.8 cm³/mol. The van der Waals surface area contributed by atoms with E-state index in [1.807, 2.05) is 6.08 Å². The summed E-state index contributed by atoms with van der Waals surface area (Å²) >= 11 is 0. The predicted octanol–water partition coefficient (Wildman–Crippen LogP) is 2.81. The van der Waals surface area contributed by atoms with Crippen molar-refractivity contribution in [3.05, 3.63) is 23.9 Å². The van der Waals surface area contributed by atoms with Gasteiger partial charge in [0.2, 0.25) is 0 Å². The van der Waals surface area contributed by atoms with Gasteiger partial charge in [-0.3, -0.25) is 4.79 Å². The van der Waals surface area contributed by atoms with Crippen molar-refractivity contribution >= 4 is 5.78 Å². The Morgan fingerprint density at radius 3 is 2.50 bits per heavy atom. The second kappa shape index (κ2) is 3.97. The Bertz CT molecular complexity index is 430. The van der Waals surface area contributed by atoms with Crippen LogP contribution in [0.5, 0.6) is 0 Å². The van der Waals surface area contributed by atoms with Crippen molar-refractivity contribution in [1.29, 1.82) is 0 Å². The summed E-state index contributed by atoms with van der Waals surface area (Å²) in [7, 11) is 0. The van der Waals surface area contributed by atoms with Crippen LogP contribution in [0, 0.1) is 23.7 Å². The molecule has 4 aliphatic rings. The first-order chi connectivity index (χ1) is 8.83. The molecule has 0 radical (unpaired) electrons. The maximum atomic E-state index is 12.1. The number of ketones is 1. The third kappa shape index (κ3) is 1.51. The van der Waals surface area contributed by atoms with E-state index in [4.69, 9.17) is 0 Å². The molecule has 0 aliphatic heterocycles. The van der Waals surface area contributed by atoms with E-state index < -0.39 is 0 Å². The van der Waals surface area contributed by atoms with Crippen molar-refractivity contribution in [1.82, 2.24) is 5.32 Å². The molecule has 1 N–H and O–H groups in total. The Morgan fingerprint density at radius 1 is 1.00 bits per heavy atom. The van der Waals surface area contributed by atoms with Crippen molar-refractivity contribution in [2.45, 2.75) is 44.6 Å². The Morgan fingerprint density at radius 2 is 1.72 bits per heavy atom. The molecule has 2 heteroatoms. The zero-order chi connectivity index (χ0) is 12.1. The van der Waals surface area contributed by atoms with E-state index in [-0.39, 0.29) is 5.92 Å². The molecule has 2 bridgehead atoms. The second-order valence-electron chi connectivity index (χ2n) is 6.48. The van der Waals surface area contributed by atoms with Gasteiger partial charge in [0.15, 0.2) is 5.78 Å². The zero-order valence-electron chi connectivity index (χ0n) is 10.8. The first kappa shape index (κ1) is 10.8. The molecular formula is C16H21NO. The van der Waals surface area contributed by atoms with Crippen molar-refractivity contribution in [2.24, 2.45) is 23.7 Å². The summed E-state index contributed by atoms with van der Waals surface area (Å²) in [5.41, 5.74) is 1.27. The van der Waals surface area contributed by atoms with Gasteiger partial charge >= 0.3 is 0 Å². The van der Waals surface area contributed by atoms with E-state index in [0.717, 1.165) is 0 Å². The molecular weight excluding hydrogens is 222 g/mol. The highest BCUT2D eigenvalue weighted by Crippen LogP contribution is 2.53. The highest BCUT2D eigenvalue weighted by molar-refractivity contribution is 5.96. The largest absolute Gasteiger partial charge is 0.385 e. The molecule has 2 fully saturated rings. The van der Waals surface area contributed by atoms with Crippen LogP contribution in [0.1, 0.15) is 38.5 Å².